The first-order valence-electron chi connectivity index (χ1n) is 10.6. The average Bonchev–Trinajstić information content (AvgIpc) is 3.19. The summed E-state index contributed by atoms with van der Waals surface area (Å²) in [5.74, 6) is 0.479. The van der Waals surface area contributed by atoms with Crippen molar-refractivity contribution in [3.05, 3.63) is 0 Å². The molecule has 2 heterocycles. The van der Waals surface area contributed by atoms with E-state index in [1.54, 1.807) is 0 Å². The highest BCUT2D eigenvalue weighted by Gasteiger charge is 2.54. The van der Waals surface area contributed by atoms with Gasteiger partial charge in [0, 0.05) is 12.6 Å². The summed E-state index contributed by atoms with van der Waals surface area (Å²) in [6.07, 6.45) is 1.63. The Kier molecular flexibility index (Phi) is 5.48. The summed E-state index contributed by atoms with van der Waals surface area (Å²) in [6.45, 7) is 6.20. The summed E-state index contributed by atoms with van der Waals surface area (Å²) in [7, 11) is -4.06. The van der Waals surface area contributed by atoms with Crippen LogP contribution < -0.4 is 4.72 Å². The molecule has 0 spiro atoms. The van der Waals surface area contributed by atoms with E-state index < -0.39 is 41.0 Å². The molecular formula is C19H32FN3O4S. The number of rotatable bonds is 3. The minimum atomic E-state index is -4.06. The van der Waals surface area contributed by atoms with Gasteiger partial charge in [-0.15, -0.1) is 0 Å². The molecule has 9 heteroatoms. The molecule has 0 radical (unpaired) electrons. The number of fused-ring (bicyclic) bond motifs is 1. The summed E-state index contributed by atoms with van der Waals surface area (Å²) < 4.78 is 42.7. The molecule has 0 aromatic rings. The van der Waals surface area contributed by atoms with Gasteiger partial charge >= 0.3 is 10.2 Å². The Morgan fingerprint density at radius 2 is 1.96 bits per heavy atom. The molecule has 2 saturated carbocycles. The van der Waals surface area contributed by atoms with Crippen LogP contribution in [0.25, 0.3) is 0 Å². The Bertz CT molecular complexity index is 718. The van der Waals surface area contributed by atoms with Crippen LogP contribution in [-0.2, 0) is 15.0 Å². The standard InChI is InChI=1S/C19H32FN3O4S/c1-11(2)13-5-6-22(9-13)14-4-3-12-7-16(24)19(18(20)15(12)8-14)23-10-17(25)21-28(23,26)27/h11-16,18-19,24H,3-10H2,1-2H3,(H,21,25). The molecule has 0 aromatic carbocycles. The third kappa shape index (κ3) is 3.59. The summed E-state index contributed by atoms with van der Waals surface area (Å²) >= 11 is 0. The fraction of sp³-hybridized carbons (Fsp3) is 0.947. The van der Waals surface area contributed by atoms with E-state index in [1.807, 2.05) is 4.72 Å². The van der Waals surface area contributed by atoms with Crippen LogP contribution in [-0.4, -0.2) is 72.6 Å². The summed E-state index contributed by atoms with van der Waals surface area (Å²) in [6, 6.07) is -0.847. The van der Waals surface area contributed by atoms with E-state index in [0.29, 0.717) is 30.7 Å². The predicted molar refractivity (Wildman–Crippen MR) is 102 cm³/mol. The zero-order valence-electron chi connectivity index (χ0n) is 16.6. The second kappa shape index (κ2) is 7.49. The number of aliphatic hydroxyl groups excluding tert-OH is 1. The first kappa shape index (κ1) is 20.5. The molecule has 0 bridgehead atoms. The Balaban J connectivity index is 1.48. The fourth-order valence-electron chi connectivity index (χ4n) is 5.94. The highest BCUT2D eigenvalue weighted by Crippen LogP contribution is 2.46. The molecule has 7 atom stereocenters. The van der Waals surface area contributed by atoms with E-state index >= 15 is 4.39 Å². The number of hydrogen-bond acceptors (Lipinski definition) is 5. The smallest absolute Gasteiger partial charge is 0.304 e. The van der Waals surface area contributed by atoms with Crippen molar-refractivity contribution in [3.8, 4) is 0 Å². The van der Waals surface area contributed by atoms with Crippen LogP contribution in [0.5, 0.6) is 0 Å². The van der Waals surface area contributed by atoms with Crippen LogP contribution in [0.2, 0.25) is 0 Å². The van der Waals surface area contributed by atoms with E-state index in [9.17, 15) is 18.3 Å². The largest absolute Gasteiger partial charge is 0.391 e. The number of hydrogen-bond donors (Lipinski definition) is 2. The normalized spacial score (nSPS) is 44.6. The maximum absolute atomic E-state index is 15.6. The van der Waals surface area contributed by atoms with E-state index in [1.165, 1.54) is 6.42 Å². The Hall–Kier alpha value is -0.770. The Labute approximate surface area is 166 Å². The minimum Gasteiger partial charge on any atom is -0.391 e. The number of amides is 1. The van der Waals surface area contributed by atoms with Crippen molar-refractivity contribution in [1.29, 1.82) is 0 Å². The van der Waals surface area contributed by atoms with Gasteiger partial charge in [-0.2, -0.15) is 12.7 Å². The van der Waals surface area contributed by atoms with Crippen LogP contribution in [0.3, 0.4) is 0 Å². The topological polar surface area (TPSA) is 89.9 Å². The third-order valence-corrected chi connectivity index (χ3v) is 9.07. The Morgan fingerprint density at radius 1 is 1.21 bits per heavy atom. The second-order valence-corrected chi connectivity index (χ2v) is 11.1. The van der Waals surface area contributed by atoms with Crippen LogP contribution in [0, 0.1) is 23.7 Å². The second-order valence-electron chi connectivity index (χ2n) is 9.49. The molecule has 28 heavy (non-hydrogen) atoms. The van der Waals surface area contributed by atoms with Crippen LogP contribution in [0.1, 0.15) is 46.0 Å². The van der Waals surface area contributed by atoms with Gasteiger partial charge in [0.15, 0.2) is 0 Å². The maximum Gasteiger partial charge on any atom is 0.304 e. The number of likely N-dealkylation sites (tertiary alicyclic amines) is 1. The van der Waals surface area contributed by atoms with Crippen molar-refractivity contribution in [1.82, 2.24) is 13.9 Å². The molecule has 1 amide bonds. The molecule has 4 rings (SSSR count). The van der Waals surface area contributed by atoms with Crippen LogP contribution in [0.4, 0.5) is 4.39 Å². The molecule has 2 saturated heterocycles. The number of nitrogens with one attached hydrogen (secondary N) is 1. The first-order valence-corrected chi connectivity index (χ1v) is 12.0. The molecule has 7 unspecified atom stereocenters. The van der Waals surface area contributed by atoms with Gasteiger partial charge in [-0.05, 0) is 62.3 Å². The van der Waals surface area contributed by atoms with Gasteiger partial charge in [-0.25, -0.2) is 9.11 Å². The lowest BCUT2D eigenvalue weighted by atomic mass is 9.66. The number of alkyl halides is 1. The number of aliphatic hydroxyl groups is 1. The molecule has 4 aliphatic rings. The predicted octanol–water partition coefficient (Wildman–Crippen LogP) is 0.897. The number of halogens is 1. The lowest BCUT2D eigenvalue weighted by Crippen LogP contribution is -2.59. The molecule has 2 aliphatic carbocycles. The van der Waals surface area contributed by atoms with Crippen molar-refractivity contribution >= 4 is 16.1 Å². The van der Waals surface area contributed by atoms with Crippen LogP contribution >= 0.6 is 0 Å². The zero-order valence-corrected chi connectivity index (χ0v) is 17.4. The lowest BCUT2D eigenvalue weighted by molar-refractivity contribution is -0.120. The Morgan fingerprint density at radius 3 is 2.57 bits per heavy atom. The van der Waals surface area contributed by atoms with Crippen molar-refractivity contribution in [2.45, 2.75) is 70.3 Å². The monoisotopic (exact) mass is 417 g/mol. The number of carbonyl (C=O) groups is 1. The summed E-state index contributed by atoms with van der Waals surface area (Å²) in [5, 5.41) is 10.5. The highest BCUT2D eigenvalue weighted by molar-refractivity contribution is 7.88. The van der Waals surface area contributed by atoms with Gasteiger partial charge in [0.05, 0.1) is 18.7 Å². The average molecular weight is 418 g/mol. The lowest BCUT2D eigenvalue weighted by Gasteiger charge is -2.49. The summed E-state index contributed by atoms with van der Waals surface area (Å²) in [5.41, 5.74) is 0. The molecule has 2 aliphatic heterocycles. The molecule has 0 aromatic heterocycles. The first-order chi connectivity index (χ1) is 13.2. The fourth-order valence-corrected chi connectivity index (χ4v) is 7.28. The van der Waals surface area contributed by atoms with Crippen LogP contribution in [0.15, 0.2) is 0 Å². The van der Waals surface area contributed by atoms with E-state index in [-0.39, 0.29) is 11.8 Å². The highest BCUT2D eigenvalue weighted by atomic mass is 32.2. The molecule has 4 fully saturated rings. The third-order valence-electron chi connectivity index (χ3n) is 7.59. The van der Waals surface area contributed by atoms with Crippen molar-refractivity contribution in [2.24, 2.45) is 23.7 Å². The number of carbonyl (C=O) groups excluding carboxylic acids is 1. The SMILES string of the molecule is CC(C)C1CCN(C2CCC3CC(O)C(N4CC(=O)NS4(=O)=O)C(F)C3C2)C1. The van der Waals surface area contributed by atoms with E-state index in [2.05, 4.69) is 18.7 Å². The molecule has 160 valence electrons. The molecular weight excluding hydrogens is 385 g/mol. The zero-order chi connectivity index (χ0) is 20.2. The molecule has 2 N–H and O–H groups in total. The van der Waals surface area contributed by atoms with Gasteiger partial charge in [-0.3, -0.25) is 4.79 Å². The van der Waals surface area contributed by atoms with Gasteiger partial charge in [0.1, 0.15) is 6.17 Å². The summed E-state index contributed by atoms with van der Waals surface area (Å²) in [4.78, 5) is 14.1. The molecule has 7 nitrogen and oxygen atoms in total. The minimum absolute atomic E-state index is 0.0787. The van der Waals surface area contributed by atoms with Gasteiger partial charge < -0.3 is 10.0 Å². The van der Waals surface area contributed by atoms with Crippen molar-refractivity contribution in [3.63, 3.8) is 0 Å². The van der Waals surface area contributed by atoms with Crippen molar-refractivity contribution < 1.29 is 22.7 Å². The van der Waals surface area contributed by atoms with Gasteiger partial charge in [0.2, 0.25) is 5.91 Å². The maximum atomic E-state index is 15.6. The van der Waals surface area contributed by atoms with E-state index in [0.717, 1.165) is 30.2 Å². The van der Waals surface area contributed by atoms with E-state index in [4.69, 9.17) is 0 Å². The van der Waals surface area contributed by atoms with Gasteiger partial charge in [0.25, 0.3) is 0 Å². The van der Waals surface area contributed by atoms with Crippen molar-refractivity contribution in [2.75, 3.05) is 19.6 Å². The quantitative estimate of drug-likeness (QED) is 0.712. The number of nitrogens with zero attached hydrogens (tertiary/aromatic N) is 2. The van der Waals surface area contributed by atoms with Gasteiger partial charge in [-0.1, -0.05) is 13.8 Å².